The number of benzene rings is 1. The van der Waals surface area contributed by atoms with Crippen molar-refractivity contribution in [3.05, 3.63) is 42.1 Å². The van der Waals surface area contributed by atoms with Gasteiger partial charge in [0.25, 0.3) is 0 Å². The molecule has 7 rings (SSSR count). The summed E-state index contributed by atoms with van der Waals surface area (Å²) in [5, 5.41) is 3.43. The van der Waals surface area contributed by atoms with Gasteiger partial charge in [-0.3, -0.25) is 4.79 Å². The third kappa shape index (κ3) is 3.82. The van der Waals surface area contributed by atoms with Crippen LogP contribution in [0.4, 0.5) is 27.3 Å². The van der Waals surface area contributed by atoms with Crippen LogP contribution in [0.1, 0.15) is 38.2 Å². The first kappa shape index (κ1) is 21.8. The molecule has 4 aliphatic heterocycles. The number of piperidine rings is 1. The van der Waals surface area contributed by atoms with Crippen molar-refractivity contribution in [3.8, 4) is 0 Å². The van der Waals surface area contributed by atoms with Gasteiger partial charge in [0.15, 0.2) is 0 Å². The summed E-state index contributed by atoms with van der Waals surface area (Å²) in [6.07, 6.45) is 3.25. The largest absolute Gasteiger partial charge is 0.375 e. The van der Waals surface area contributed by atoms with Gasteiger partial charge in [0.1, 0.15) is 12.0 Å². The number of halogens is 1. The fraction of sp³-hybridized carbons (Fsp3) is 0.538. The quantitative estimate of drug-likeness (QED) is 0.729. The molecule has 0 spiro atoms. The summed E-state index contributed by atoms with van der Waals surface area (Å²) in [6, 6.07) is 10.5. The zero-order valence-corrected chi connectivity index (χ0v) is 19.5. The summed E-state index contributed by atoms with van der Waals surface area (Å²) < 4.78 is 26.1. The SMILES string of the molecule is CCO[C@H]1C[C@@H](C(=O)N2Cc3cccnc3Nc3ccc(N4C[C@@H]5CC[C@@H]4CO5)cc32)C[C@@H]1F. The molecule has 0 radical (unpaired) electrons. The van der Waals surface area contributed by atoms with Crippen molar-refractivity contribution in [1.29, 1.82) is 0 Å². The number of pyridine rings is 1. The first-order valence-electron chi connectivity index (χ1n) is 12.4. The number of carbonyl (C=O) groups excluding carboxylic acids is 1. The van der Waals surface area contributed by atoms with Gasteiger partial charge in [-0.1, -0.05) is 6.07 Å². The number of aromatic nitrogens is 1. The molecule has 7 nitrogen and oxygen atoms in total. The molecular weight excluding hydrogens is 435 g/mol. The smallest absolute Gasteiger partial charge is 0.230 e. The Morgan fingerprint density at radius 3 is 2.97 bits per heavy atom. The highest BCUT2D eigenvalue weighted by Gasteiger charge is 2.42. The second-order valence-electron chi connectivity index (χ2n) is 9.78. The Kier molecular flexibility index (Phi) is 5.65. The number of rotatable bonds is 4. The van der Waals surface area contributed by atoms with E-state index in [0.717, 1.165) is 54.4 Å². The number of amides is 1. The van der Waals surface area contributed by atoms with Crippen LogP contribution in [0.2, 0.25) is 0 Å². The molecule has 2 bridgehead atoms. The van der Waals surface area contributed by atoms with Gasteiger partial charge < -0.3 is 24.6 Å². The molecule has 1 aromatic heterocycles. The number of morpholine rings is 1. The summed E-state index contributed by atoms with van der Waals surface area (Å²) in [5.74, 6) is 0.296. The fourth-order valence-corrected chi connectivity index (χ4v) is 5.91. The fourth-order valence-electron chi connectivity index (χ4n) is 5.91. The van der Waals surface area contributed by atoms with Crippen molar-refractivity contribution in [1.82, 2.24) is 4.98 Å². The molecule has 3 saturated heterocycles. The summed E-state index contributed by atoms with van der Waals surface area (Å²) in [6.45, 7) is 4.33. The van der Waals surface area contributed by atoms with Crippen molar-refractivity contribution in [3.63, 3.8) is 0 Å². The van der Waals surface area contributed by atoms with Crippen molar-refractivity contribution < 1.29 is 18.7 Å². The summed E-state index contributed by atoms with van der Waals surface area (Å²) >= 11 is 0. The minimum absolute atomic E-state index is 0.0507. The van der Waals surface area contributed by atoms with E-state index in [1.54, 1.807) is 6.20 Å². The third-order valence-electron chi connectivity index (χ3n) is 7.69. The number of ether oxygens (including phenoxy) is 2. The van der Waals surface area contributed by atoms with E-state index >= 15 is 0 Å². The van der Waals surface area contributed by atoms with Gasteiger partial charge in [-0.2, -0.15) is 0 Å². The summed E-state index contributed by atoms with van der Waals surface area (Å²) in [4.78, 5) is 22.6. The van der Waals surface area contributed by atoms with Gasteiger partial charge in [-0.05, 0) is 56.9 Å². The van der Waals surface area contributed by atoms with E-state index in [2.05, 4.69) is 27.3 Å². The highest BCUT2D eigenvalue weighted by Crippen LogP contribution is 2.42. The highest BCUT2D eigenvalue weighted by molar-refractivity contribution is 6.00. The topological polar surface area (TPSA) is 66.9 Å². The average Bonchev–Trinajstić information content (AvgIpc) is 3.15. The number of carbonyl (C=O) groups is 1. The first-order chi connectivity index (χ1) is 16.6. The lowest BCUT2D eigenvalue weighted by atomic mass is 9.96. The number of alkyl halides is 1. The van der Waals surface area contributed by atoms with Crippen LogP contribution in [0.5, 0.6) is 0 Å². The predicted molar refractivity (Wildman–Crippen MR) is 128 cm³/mol. The van der Waals surface area contributed by atoms with Gasteiger partial charge >= 0.3 is 0 Å². The molecule has 180 valence electrons. The maximum absolute atomic E-state index is 14.6. The van der Waals surface area contributed by atoms with Gasteiger partial charge in [0.05, 0.1) is 42.8 Å². The maximum Gasteiger partial charge on any atom is 0.230 e. The van der Waals surface area contributed by atoms with Gasteiger partial charge in [0, 0.05) is 36.5 Å². The van der Waals surface area contributed by atoms with E-state index in [0.29, 0.717) is 25.6 Å². The van der Waals surface area contributed by atoms with Crippen LogP contribution in [-0.4, -0.2) is 55.1 Å². The van der Waals surface area contributed by atoms with Crippen LogP contribution in [0.15, 0.2) is 36.5 Å². The summed E-state index contributed by atoms with van der Waals surface area (Å²) in [7, 11) is 0. The molecule has 5 atom stereocenters. The molecular formula is C26H31FN4O3. The second-order valence-corrected chi connectivity index (χ2v) is 9.78. The number of hydrogen-bond donors (Lipinski definition) is 1. The molecule has 5 aliphatic rings. The third-order valence-corrected chi connectivity index (χ3v) is 7.69. The minimum Gasteiger partial charge on any atom is -0.375 e. The van der Waals surface area contributed by atoms with Crippen molar-refractivity contribution in [2.45, 2.75) is 63.6 Å². The minimum atomic E-state index is -1.11. The van der Waals surface area contributed by atoms with Crippen molar-refractivity contribution in [2.24, 2.45) is 5.92 Å². The van der Waals surface area contributed by atoms with E-state index < -0.39 is 18.2 Å². The molecule has 1 saturated carbocycles. The molecule has 0 unspecified atom stereocenters. The van der Waals surface area contributed by atoms with Crippen LogP contribution in [0.25, 0.3) is 0 Å². The second kappa shape index (κ2) is 8.82. The molecule has 1 N–H and O–H groups in total. The number of hydrogen-bond acceptors (Lipinski definition) is 6. The summed E-state index contributed by atoms with van der Waals surface area (Å²) in [5.41, 5.74) is 3.69. The molecule has 2 aromatic rings. The first-order valence-corrected chi connectivity index (χ1v) is 12.4. The maximum atomic E-state index is 14.6. The molecule has 1 amide bonds. The average molecular weight is 467 g/mol. The molecule has 1 aromatic carbocycles. The number of anilines is 4. The lowest BCUT2D eigenvalue weighted by Crippen LogP contribution is -2.54. The normalized spacial score (nSPS) is 29.9. The molecule has 1 aliphatic carbocycles. The zero-order valence-electron chi connectivity index (χ0n) is 19.5. The van der Waals surface area contributed by atoms with Gasteiger partial charge in [-0.25, -0.2) is 9.37 Å². The highest BCUT2D eigenvalue weighted by atomic mass is 19.1. The molecule has 8 heteroatoms. The standard InChI is InChI=1S/C26H31FN4O3/c1-2-33-24-11-17(10-21(24)27)26(32)31-13-16-4-3-9-28-25(16)29-22-8-6-18(12-23(22)31)30-14-20-7-5-19(30)15-34-20/h3-4,6,8-9,12,17,19-21,24H,2,5,7,10-11,13-15H2,1H3,(H,28,29)/t17-,19+,20-,21-,24-/m0/s1. The van der Waals surface area contributed by atoms with E-state index in [9.17, 15) is 9.18 Å². The number of nitrogens with zero attached hydrogens (tertiary/aromatic N) is 3. The zero-order chi connectivity index (χ0) is 23.2. The lowest BCUT2D eigenvalue weighted by molar-refractivity contribution is -0.122. The lowest BCUT2D eigenvalue weighted by Gasteiger charge is -2.46. The van der Waals surface area contributed by atoms with E-state index in [4.69, 9.17) is 9.47 Å². The molecule has 34 heavy (non-hydrogen) atoms. The monoisotopic (exact) mass is 466 g/mol. The van der Waals surface area contributed by atoms with Crippen LogP contribution < -0.4 is 15.1 Å². The predicted octanol–water partition coefficient (Wildman–Crippen LogP) is 4.19. The Bertz CT molecular complexity index is 1070. The van der Waals surface area contributed by atoms with Gasteiger partial charge in [0.2, 0.25) is 5.91 Å². The van der Waals surface area contributed by atoms with Crippen molar-refractivity contribution >= 4 is 28.8 Å². The Morgan fingerprint density at radius 2 is 2.21 bits per heavy atom. The van der Waals surface area contributed by atoms with Crippen LogP contribution in [0, 0.1) is 5.92 Å². The molecule has 5 heterocycles. The van der Waals surface area contributed by atoms with E-state index in [-0.39, 0.29) is 18.4 Å². The van der Waals surface area contributed by atoms with E-state index in [1.165, 1.54) is 0 Å². The Labute approximate surface area is 199 Å². The number of nitrogens with one attached hydrogen (secondary N) is 1. The Morgan fingerprint density at radius 1 is 1.29 bits per heavy atom. The Balaban J connectivity index is 1.36. The van der Waals surface area contributed by atoms with Crippen LogP contribution >= 0.6 is 0 Å². The molecule has 4 fully saturated rings. The Hall–Kier alpha value is -2.71. The van der Waals surface area contributed by atoms with E-state index in [1.807, 2.05) is 30.0 Å². The van der Waals surface area contributed by atoms with Crippen LogP contribution in [-0.2, 0) is 20.8 Å². The number of fused-ring (bicyclic) bond motifs is 5. The van der Waals surface area contributed by atoms with Crippen molar-refractivity contribution in [2.75, 3.05) is 34.9 Å². The van der Waals surface area contributed by atoms with Crippen LogP contribution in [0.3, 0.4) is 0 Å². The van der Waals surface area contributed by atoms with Gasteiger partial charge in [-0.15, -0.1) is 0 Å².